The third kappa shape index (κ3) is 2.45. The molecule has 2 aromatic rings. The van der Waals surface area contributed by atoms with Gasteiger partial charge in [0.1, 0.15) is 11.6 Å². The second kappa shape index (κ2) is 4.57. The molecule has 0 saturated heterocycles. The van der Waals surface area contributed by atoms with E-state index in [0.717, 1.165) is 0 Å². The molecule has 16 heavy (non-hydrogen) atoms. The van der Waals surface area contributed by atoms with Gasteiger partial charge in [0, 0.05) is 5.56 Å². The first-order valence-corrected chi connectivity index (χ1v) is 4.77. The molecule has 0 N–H and O–H groups in total. The van der Waals surface area contributed by atoms with Crippen LogP contribution in [0.25, 0.3) is 6.08 Å². The average Bonchev–Trinajstić information content (AvgIpc) is 2.78. The molecular weight excluding hydrogens is 207 g/mol. The van der Waals surface area contributed by atoms with Gasteiger partial charge < -0.3 is 4.42 Å². The molecule has 0 aliphatic carbocycles. The van der Waals surface area contributed by atoms with E-state index >= 15 is 0 Å². The highest BCUT2D eigenvalue weighted by molar-refractivity contribution is 6.06. The Morgan fingerprint density at radius 3 is 2.81 bits per heavy atom. The fraction of sp³-hybridized carbons (Fsp3) is 0. The number of halogens is 1. The lowest BCUT2D eigenvalue weighted by Gasteiger charge is -1.94. The summed E-state index contributed by atoms with van der Waals surface area (Å²) < 4.78 is 17.9. The summed E-state index contributed by atoms with van der Waals surface area (Å²) in [5.74, 6) is -0.0853. The van der Waals surface area contributed by atoms with E-state index in [-0.39, 0.29) is 5.78 Å². The van der Waals surface area contributed by atoms with E-state index in [0.29, 0.717) is 11.3 Å². The number of furan rings is 1. The molecule has 1 aromatic heterocycles. The molecule has 80 valence electrons. The summed E-state index contributed by atoms with van der Waals surface area (Å²) in [5.41, 5.74) is 0.322. The molecule has 2 rings (SSSR count). The largest absolute Gasteiger partial charge is 0.465 e. The fourth-order valence-electron chi connectivity index (χ4n) is 1.28. The van der Waals surface area contributed by atoms with Crippen molar-refractivity contribution in [2.24, 2.45) is 0 Å². The van der Waals surface area contributed by atoms with Crippen molar-refractivity contribution in [3.05, 3.63) is 65.9 Å². The van der Waals surface area contributed by atoms with Crippen LogP contribution in [0.4, 0.5) is 4.39 Å². The van der Waals surface area contributed by atoms with Crippen LogP contribution in [0, 0.1) is 5.82 Å². The zero-order chi connectivity index (χ0) is 11.4. The molecular formula is C13H9FO2. The molecule has 1 heterocycles. The molecule has 0 unspecified atom stereocenters. The van der Waals surface area contributed by atoms with E-state index in [1.165, 1.54) is 30.5 Å². The number of allylic oxidation sites excluding steroid dienone is 1. The van der Waals surface area contributed by atoms with Crippen LogP contribution in [0.1, 0.15) is 16.1 Å². The van der Waals surface area contributed by atoms with Crippen molar-refractivity contribution in [1.82, 2.24) is 0 Å². The van der Waals surface area contributed by atoms with E-state index < -0.39 is 5.82 Å². The summed E-state index contributed by atoms with van der Waals surface area (Å²) in [7, 11) is 0. The van der Waals surface area contributed by atoms with Crippen molar-refractivity contribution in [1.29, 1.82) is 0 Å². The molecule has 0 spiro atoms. The third-order valence-electron chi connectivity index (χ3n) is 2.05. The predicted octanol–water partition coefficient (Wildman–Crippen LogP) is 3.31. The Morgan fingerprint density at radius 2 is 2.12 bits per heavy atom. The molecule has 0 bridgehead atoms. The maximum atomic E-state index is 12.8. The summed E-state index contributed by atoms with van der Waals surface area (Å²) >= 11 is 0. The van der Waals surface area contributed by atoms with E-state index in [9.17, 15) is 9.18 Å². The van der Waals surface area contributed by atoms with Crippen LogP contribution in [0.2, 0.25) is 0 Å². The van der Waals surface area contributed by atoms with Crippen molar-refractivity contribution >= 4 is 11.9 Å². The Labute approximate surface area is 92.0 Å². The van der Waals surface area contributed by atoms with E-state index in [1.807, 2.05) is 0 Å². The Bertz CT molecular complexity index is 512. The summed E-state index contributed by atoms with van der Waals surface area (Å²) in [5, 5.41) is 0. The first-order valence-electron chi connectivity index (χ1n) is 4.77. The molecule has 0 amide bonds. The smallest absolute Gasteiger partial charge is 0.186 e. The highest BCUT2D eigenvalue weighted by atomic mass is 19.1. The first-order chi connectivity index (χ1) is 7.75. The molecule has 0 atom stereocenters. The normalized spacial score (nSPS) is 10.8. The summed E-state index contributed by atoms with van der Waals surface area (Å²) in [4.78, 5) is 11.6. The Morgan fingerprint density at radius 1 is 1.25 bits per heavy atom. The van der Waals surface area contributed by atoms with Crippen molar-refractivity contribution < 1.29 is 13.6 Å². The lowest BCUT2D eigenvalue weighted by Crippen LogP contribution is -1.94. The molecule has 1 aromatic carbocycles. The molecule has 0 saturated carbocycles. The number of carbonyl (C=O) groups is 1. The quantitative estimate of drug-likeness (QED) is 0.582. The Kier molecular flexibility index (Phi) is 2.96. The topological polar surface area (TPSA) is 30.2 Å². The minimum Gasteiger partial charge on any atom is -0.465 e. The van der Waals surface area contributed by atoms with Crippen molar-refractivity contribution in [3.8, 4) is 0 Å². The third-order valence-corrected chi connectivity index (χ3v) is 2.05. The predicted molar refractivity (Wildman–Crippen MR) is 58.5 cm³/mol. The lowest BCUT2D eigenvalue weighted by molar-refractivity contribution is 0.104. The van der Waals surface area contributed by atoms with Gasteiger partial charge in [-0.1, -0.05) is 12.1 Å². The van der Waals surface area contributed by atoms with Crippen LogP contribution < -0.4 is 0 Å². The van der Waals surface area contributed by atoms with Gasteiger partial charge in [-0.15, -0.1) is 0 Å². The first kappa shape index (κ1) is 10.4. The second-order valence-corrected chi connectivity index (χ2v) is 3.22. The Balaban J connectivity index is 2.15. The van der Waals surface area contributed by atoms with Gasteiger partial charge in [-0.3, -0.25) is 4.79 Å². The van der Waals surface area contributed by atoms with Crippen LogP contribution >= 0.6 is 0 Å². The van der Waals surface area contributed by atoms with Crippen LogP contribution in [0.5, 0.6) is 0 Å². The highest BCUT2D eigenvalue weighted by Crippen LogP contribution is 2.07. The SMILES string of the molecule is O=C(C=Cc1ccco1)c1cccc(F)c1. The summed E-state index contributed by atoms with van der Waals surface area (Å²) in [6, 6.07) is 9.03. The maximum Gasteiger partial charge on any atom is 0.186 e. The van der Waals surface area contributed by atoms with E-state index in [1.54, 1.807) is 24.3 Å². The minimum absolute atomic E-state index is 0.254. The van der Waals surface area contributed by atoms with E-state index in [2.05, 4.69) is 0 Å². The Hall–Kier alpha value is -2.16. The number of ketones is 1. The van der Waals surface area contributed by atoms with Crippen LogP contribution in [-0.4, -0.2) is 5.78 Å². The van der Waals surface area contributed by atoms with Crippen molar-refractivity contribution in [2.75, 3.05) is 0 Å². The fourth-order valence-corrected chi connectivity index (χ4v) is 1.28. The second-order valence-electron chi connectivity index (χ2n) is 3.22. The molecule has 0 aliphatic rings. The van der Waals surface area contributed by atoms with Crippen LogP contribution in [0.3, 0.4) is 0 Å². The van der Waals surface area contributed by atoms with Gasteiger partial charge in [0.25, 0.3) is 0 Å². The zero-order valence-corrected chi connectivity index (χ0v) is 8.39. The van der Waals surface area contributed by atoms with Crippen molar-refractivity contribution in [3.63, 3.8) is 0 Å². The van der Waals surface area contributed by atoms with Gasteiger partial charge in [-0.05, 0) is 36.4 Å². The number of benzene rings is 1. The molecule has 3 heteroatoms. The molecule has 0 fully saturated rings. The number of carbonyl (C=O) groups excluding carboxylic acids is 1. The lowest BCUT2D eigenvalue weighted by atomic mass is 10.1. The number of hydrogen-bond acceptors (Lipinski definition) is 2. The van der Waals surface area contributed by atoms with Gasteiger partial charge in [-0.25, -0.2) is 4.39 Å². The van der Waals surface area contributed by atoms with Crippen LogP contribution in [0.15, 0.2) is 53.2 Å². The standard InChI is InChI=1S/C13H9FO2/c14-11-4-1-3-10(9-11)13(15)7-6-12-5-2-8-16-12/h1-9H. The average molecular weight is 216 g/mol. The van der Waals surface area contributed by atoms with Gasteiger partial charge in [0.15, 0.2) is 5.78 Å². The monoisotopic (exact) mass is 216 g/mol. The van der Waals surface area contributed by atoms with Gasteiger partial charge in [0.05, 0.1) is 6.26 Å². The minimum atomic E-state index is -0.419. The molecule has 0 aliphatic heterocycles. The van der Waals surface area contributed by atoms with Crippen LogP contribution in [-0.2, 0) is 0 Å². The van der Waals surface area contributed by atoms with Gasteiger partial charge in [-0.2, -0.15) is 0 Å². The maximum absolute atomic E-state index is 12.8. The highest BCUT2D eigenvalue weighted by Gasteiger charge is 2.02. The number of hydrogen-bond donors (Lipinski definition) is 0. The van der Waals surface area contributed by atoms with Crippen molar-refractivity contribution in [2.45, 2.75) is 0 Å². The van der Waals surface area contributed by atoms with Gasteiger partial charge in [0.2, 0.25) is 0 Å². The summed E-state index contributed by atoms with van der Waals surface area (Å²) in [6.45, 7) is 0. The molecule has 2 nitrogen and oxygen atoms in total. The number of rotatable bonds is 3. The molecule has 0 radical (unpaired) electrons. The van der Waals surface area contributed by atoms with Gasteiger partial charge >= 0.3 is 0 Å². The summed E-state index contributed by atoms with van der Waals surface area (Å²) in [6.07, 6.45) is 4.42. The van der Waals surface area contributed by atoms with E-state index in [4.69, 9.17) is 4.42 Å². The zero-order valence-electron chi connectivity index (χ0n) is 8.39.